The molecule has 0 amide bonds. The van der Waals surface area contributed by atoms with Gasteiger partial charge in [0.15, 0.2) is 9.84 Å². The van der Waals surface area contributed by atoms with E-state index in [9.17, 15) is 18.3 Å². The van der Waals surface area contributed by atoms with E-state index in [1.807, 2.05) is 0 Å². The monoisotopic (exact) mass is 302 g/mol. The summed E-state index contributed by atoms with van der Waals surface area (Å²) in [5.74, 6) is -1.29. The first-order valence-corrected chi connectivity index (χ1v) is 9.30. The molecule has 1 aliphatic carbocycles. The molecule has 0 aromatic rings. The Bertz CT molecular complexity index is 494. The molecular weight excluding hydrogens is 280 g/mol. The third-order valence-electron chi connectivity index (χ3n) is 5.36. The van der Waals surface area contributed by atoms with Crippen LogP contribution in [0.3, 0.4) is 0 Å². The average molecular weight is 302 g/mol. The quantitative estimate of drug-likeness (QED) is 0.854. The van der Waals surface area contributed by atoms with Crippen molar-refractivity contribution in [3.63, 3.8) is 0 Å². The number of carboxylic acid groups (broad SMARTS) is 1. The minimum Gasteiger partial charge on any atom is -0.481 e. The van der Waals surface area contributed by atoms with Gasteiger partial charge in [-0.1, -0.05) is 0 Å². The number of carboxylic acids is 1. The topological polar surface area (TPSA) is 80.7 Å². The van der Waals surface area contributed by atoms with Crippen molar-refractivity contribution in [2.24, 2.45) is 17.8 Å². The summed E-state index contributed by atoms with van der Waals surface area (Å²) in [6.45, 7) is 0.619. The molecule has 3 aliphatic rings. The molecule has 0 aromatic carbocycles. The highest BCUT2D eigenvalue weighted by atomic mass is 32.2. The van der Waals surface area contributed by atoms with E-state index >= 15 is 0 Å². The van der Waals surface area contributed by atoms with Gasteiger partial charge in [0.05, 0.1) is 23.0 Å². The third kappa shape index (κ3) is 2.60. The molecule has 114 valence electrons. The molecule has 20 heavy (non-hydrogen) atoms. The predicted molar refractivity (Wildman–Crippen MR) is 73.1 cm³/mol. The normalized spacial score (nSPS) is 36.4. The Kier molecular flexibility index (Phi) is 3.57. The van der Waals surface area contributed by atoms with E-state index in [2.05, 4.69) is 0 Å². The molecule has 3 rings (SSSR count). The van der Waals surface area contributed by atoms with E-state index in [0.29, 0.717) is 13.0 Å². The number of sulfone groups is 1. The zero-order valence-corrected chi connectivity index (χ0v) is 12.4. The number of aliphatic carboxylic acids is 1. The van der Waals surface area contributed by atoms with Crippen LogP contribution in [0.1, 0.15) is 38.5 Å². The maximum Gasteiger partial charge on any atom is 0.307 e. The molecule has 2 heterocycles. The van der Waals surface area contributed by atoms with E-state index in [1.54, 1.807) is 0 Å². The van der Waals surface area contributed by atoms with Gasteiger partial charge in [0, 0.05) is 6.61 Å². The Balaban J connectivity index is 1.75. The lowest BCUT2D eigenvalue weighted by Crippen LogP contribution is -2.48. The fourth-order valence-corrected chi connectivity index (χ4v) is 6.04. The maximum absolute atomic E-state index is 11.7. The van der Waals surface area contributed by atoms with Crippen LogP contribution >= 0.6 is 0 Å². The van der Waals surface area contributed by atoms with Gasteiger partial charge in [-0.2, -0.15) is 0 Å². The van der Waals surface area contributed by atoms with Gasteiger partial charge < -0.3 is 9.84 Å². The molecule has 1 N–H and O–H groups in total. The van der Waals surface area contributed by atoms with Crippen molar-refractivity contribution < 1.29 is 23.1 Å². The van der Waals surface area contributed by atoms with Gasteiger partial charge >= 0.3 is 5.97 Å². The second-order valence-corrected chi connectivity index (χ2v) is 8.89. The minimum absolute atomic E-state index is 0.0499. The second kappa shape index (κ2) is 4.98. The van der Waals surface area contributed by atoms with Crippen molar-refractivity contribution in [2.45, 2.75) is 44.1 Å². The van der Waals surface area contributed by atoms with Crippen molar-refractivity contribution in [3.05, 3.63) is 0 Å². The first-order valence-electron chi connectivity index (χ1n) is 7.48. The fourth-order valence-electron chi connectivity index (χ4n) is 4.19. The summed E-state index contributed by atoms with van der Waals surface area (Å²) in [5, 5.41) is 9.58. The summed E-state index contributed by atoms with van der Waals surface area (Å²) in [6.07, 6.45) is 5.25. The predicted octanol–water partition coefficient (Wildman–Crippen LogP) is 1.47. The number of rotatable bonds is 3. The average Bonchev–Trinajstić information content (AvgIpc) is 2.67. The Morgan fingerprint density at radius 2 is 2.00 bits per heavy atom. The lowest BCUT2D eigenvalue weighted by molar-refractivity contribution is -0.165. The first kappa shape index (κ1) is 14.3. The zero-order valence-electron chi connectivity index (χ0n) is 11.6. The minimum atomic E-state index is -3.03. The molecule has 3 atom stereocenters. The highest BCUT2D eigenvalue weighted by Gasteiger charge is 2.48. The van der Waals surface area contributed by atoms with Gasteiger partial charge in [-0.3, -0.25) is 4.79 Å². The summed E-state index contributed by atoms with van der Waals surface area (Å²) in [4.78, 5) is 11.7. The Morgan fingerprint density at radius 3 is 2.50 bits per heavy atom. The Labute approximate surface area is 119 Å². The highest BCUT2D eigenvalue weighted by molar-refractivity contribution is 7.91. The standard InChI is InChI=1S/C14H22O5S/c15-13(16)12(11-3-7-20(17,18)9-11)10-2-6-19-14(8-10)4-1-5-14/h10-12H,1-9H2,(H,15,16). The van der Waals surface area contributed by atoms with Crippen LogP contribution in [0.5, 0.6) is 0 Å². The Hall–Kier alpha value is -0.620. The third-order valence-corrected chi connectivity index (χ3v) is 7.16. The molecule has 1 spiro atoms. The second-order valence-electron chi connectivity index (χ2n) is 6.67. The van der Waals surface area contributed by atoms with Crippen LogP contribution in [-0.4, -0.2) is 43.2 Å². The molecule has 0 bridgehead atoms. The largest absolute Gasteiger partial charge is 0.481 e. The number of hydrogen-bond acceptors (Lipinski definition) is 4. The molecular formula is C14H22O5S. The number of carbonyl (C=O) groups is 1. The zero-order chi connectivity index (χ0) is 14.4. The molecule has 2 aliphatic heterocycles. The van der Waals surface area contributed by atoms with Crippen LogP contribution in [0, 0.1) is 17.8 Å². The SMILES string of the molecule is O=C(O)C(C1CCOC2(CCC2)C1)C1CCS(=O)(=O)C1. The van der Waals surface area contributed by atoms with Crippen LogP contribution in [0.15, 0.2) is 0 Å². The van der Waals surface area contributed by atoms with Crippen LogP contribution in [-0.2, 0) is 19.4 Å². The van der Waals surface area contributed by atoms with Gasteiger partial charge in [0.1, 0.15) is 0 Å². The fraction of sp³-hybridized carbons (Fsp3) is 0.929. The first-order chi connectivity index (χ1) is 9.41. The van der Waals surface area contributed by atoms with Crippen molar-refractivity contribution in [1.82, 2.24) is 0 Å². The molecule has 0 radical (unpaired) electrons. The van der Waals surface area contributed by atoms with E-state index < -0.39 is 21.7 Å². The molecule has 0 aromatic heterocycles. The summed E-state index contributed by atoms with van der Waals surface area (Å²) in [6, 6.07) is 0. The molecule has 5 nitrogen and oxygen atoms in total. The van der Waals surface area contributed by atoms with Gasteiger partial charge in [0.2, 0.25) is 0 Å². The van der Waals surface area contributed by atoms with Crippen LogP contribution in [0.25, 0.3) is 0 Å². The van der Waals surface area contributed by atoms with E-state index in [-0.39, 0.29) is 28.9 Å². The van der Waals surface area contributed by atoms with E-state index in [0.717, 1.165) is 32.1 Å². The van der Waals surface area contributed by atoms with Gasteiger partial charge in [-0.25, -0.2) is 8.42 Å². The molecule has 3 unspecified atom stereocenters. The summed E-state index contributed by atoms with van der Waals surface area (Å²) in [7, 11) is -3.03. The van der Waals surface area contributed by atoms with Crippen molar-refractivity contribution >= 4 is 15.8 Å². The molecule has 2 saturated heterocycles. The van der Waals surface area contributed by atoms with Crippen molar-refractivity contribution in [3.8, 4) is 0 Å². The van der Waals surface area contributed by atoms with Gasteiger partial charge in [0.25, 0.3) is 0 Å². The Morgan fingerprint density at radius 1 is 1.25 bits per heavy atom. The summed E-state index contributed by atoms with van der Waals surface area (Å²) in [5.41, 5.74) is -0.0892. The van der Waals surface area contributed by atoms with Crippen LogP contribution in [0.2, 0.25) is 0 Å². The van der Waals surface area contributed by atoms with Crippen LogP contribution in [0.4, 0.5) is 0 Å². The molecule has 3 fully saturated rings. The lowest BCUT2D eigenvalue weighted by atomic mass is 9.67. The van der Waals surface area contributed by atoms with Crippen molar-refractivity contribution in [1.29, 1.82) is 0 Å². The number of ether oxygens (including phenoxy) is 1. The smallest absolute Gasteiger partial charge is 0.307 e. The highest BCUT2D eigenvalue weighted by Crippen LogP contribution is 2.48. The molecule has 1 saturated carbocycles. The van der Waals surface area contributed by atoms with Crippen LogP contribution < -0.4 is 0 Å². The van der Waals surface area contributed by atoms with Gasteiger partial charge in [-0.05, 0) is 50.4 Å². The number of hydrogen-bond donors (Lipinski definition) is 1. The van der Waals surface area contributed by atoms with Crippen molar-refractivity contribution in [2.75, 3.05) is 18.1 Å². The maximum atomic E-state index is 11.7. The van der Waals surface area contributed by atoms with E-state index in [1.165, 1.54) is 0 Å². The van der Waals surface area contributed by atoms with Gasteiger partial charge in [-0.15, -0.1) is 0 Å². The molecule has 6 heteroatoms. The summed E-state index contributed by atoms with van der Waals surface area (Å²) >= 11 is 0. The van der Waals surface area contributed by atoms with E-state index in [4.69, 9.17) is 4.74 Å². The summed E-state index contributed by atoms with van der Waals surface area (Å²) < 4.78 is 29.1. The lowest BCUT2D eigenvalue weighted by Gasteiger charge is -2.48.